The van der Waals surface area contributed by atoms with Gasteiger partial charge in [-0.3, -0.25) is 0 Å². The van der Waals surface area contributed by atoms with Gasteiger partial charge in [-0.05, 0) is 49.4 Å². The van der Waals surface area contributed by atoms with E-state index >= 15 is 0 Å². The smallest absolute Gasteiger partial charge is 0.143 e. The van der Waals surface area contributed by atoms with Crippen molar-refractivity contribution in [3.8, 4) is 5.69 Å². The molecule has 2 unspecified atom stereocenters. The maximum atomic E-state index is 3.97. The number of likely N-dealkylation sites (tertiary alicyclic amines) is 1. The number of anilines is 1. The summed E-state index contributed by atoms with van der Waals surface area (Å²) in [5.41, 5.74) is 2.07. The van der Waals surface area contributed by atoms with Crippen molar-refractivity contribution >= 4 is 5.69 Å². The summed E-state index contributed by atoms with van der Waals surface area (Å²) < 4.78 is 1.70. The van der Waals surface area contributed by atoms with E-state index in [1.54, 1.807) is 11.0 Å². The minimum Gasteiger partial charge on any atom is -0.380 e. The average Bonchev–Trinajstić information content (AvgIpc) is 2.97. The predicted molar refractivity (Wildman–Crippen MR) is 77.9 cm³/mol. The molecule has 1 aromatic heterocycles. The number of nitrogens with one attached hydrogen (secondary N) is 1. The van der Waals surface area contributed by atoms with Crippen LogP contribution in [0.4, 0.5) is 5.69 Å². The molecule has 2 aromatic rings. The van der Waals surface area contributed by atoms with Gasteiger partial charge in [0.25, 0.3) is 0 Å². The Morgan fingerprint density at radius 3 is 2.90 bits per heavy atom. The quantitative estimate of drug-likeness (QED) is 0.919. The fourth-order valence-electron chi connectivity index (χ4n) is 2.71. The lowest BCUT2D eigenvalue weighted by Crippen LogP contribution is -2.42. The first-order valence-electron chi connectivity index (χ1n) is 7.03. The number of rotatable bonds is 3. The molecule has 2 atom stereocenters. The lowest BCUT2D eigenvalue weighted by atomic mass is 9.98. The van der Waals surface area contributed by atoms with E-state index in [1.165, 1.54) is 0 Å². The Morgan fingerprint density at radius 1 is 1.30 bits per heavy atom. The van der Waals surface area contributed by atoms with E-state index in [9.17, 15) is 0 Å². The molecule has 1 aliphatic heterocycles. The number of tetrazole rings is 1. The van der Waals surface area contributed by atoms with Crippen molar-refractivity contribution in [3.05, 3.63) is 30.6 Å². The van der Waals surface area contributed by atoms with Crippen molar-refractivity contribution in [1.82, 2.24) is 25.1 Å². The Labute approximate surface area is 118 Å². The van der Waals surface area contributed by atoms with E-state index < -0.39 is 0 Å². The van der Waals surface area contributed by atoms with Crippen LogP contribution in [0.2, 0.25) is 0 Å². The first-order chi connectivity index (χ1) is 9.74. The number of piperidine rings is 1. The molecule has 6 nitrogen and oxygen atoms in total. The molecule has 1 saturated heterocycles. The summed E-state index contributed by atoms with van der Waals surface area (Å²) in [6, 6.07) is 9.26. The van der Waals surface area contributed by atoms with Crippen LogP contribution in [0.1, 0.15) is 19.8 Å². The molecule has 3 rings (SSSR count). The largest absolute Gasteiger partial charge is 0.380 e. The van der Waals surface area contributed by atoms with Gasteiger partial charge >= 0.3 is 0 Å². The summed E-state index contributed by atoms with van der Waals surface area (Å²) in [5.74, 6) is 0. The van der Waals surface area contributed by atoms with Gasteiger partial charge in [0.2, 0.25) is 0 Å². The molecule has 0 amide bonds. The summed E-state index contributed by atoms with van der Waals surface area (Å²) in [6.07, 6.45) is 3.93. The fraction of sp³-hybridized carbons (Fsp3) is 0.500. The van der Waals surface area contributed by atoms with Gasteiger partial charge in [0.05, 0.1) is 11.4 Å². The van der Waals surface area contributed by atoms with Crippen molar-refractivity contribution < 1.29 is 0 Å². The topological polar surface area (TPSA) is 58.9 Å². The lowest BCUT2D eigenvalue weighted by molar-refractivity contribution is 0.190. The van der Waals surface area contributed by atoms with Crippen molar-refractivity contribution in [2.45, 2.75) is 31.8 Å². The van der Waals surface area contributed by atoms with Gasteiger partial charge in [0.15, 0.2) is 0 Å². The molecule has 1 aromatic carbocycles. The van der Waals surface area contributed by atoms with E-state index in [1.807, 2.05) is 18.2 Å². The molecule has 1 aliphatic rings. The second-order valence-corrected chi connectivity index (χ2v) is 5.47. The summed E-state index contributed by atoms with van der Waals surface area (Å²) >= 11 is 0. The number of benzene rings is 1. The van der Waals surface area contributed by atoms with Gasteiger partial charge in [-0.25, -0.2) is 0 Å². The van der Waals surface area contributed by atoms with Crippen LogP contribution >= 0.6 is 0 Å². The normalized spacial score (nSPS) is 23.7. The maximum absolute atomic E-state index is 3.97. The van der Waals surface area contributed by atoms with Gasteiger partial charge in [-0.1, -0.05) is 12.1 Å². The highest BCUT2D eigenvalue weighted by Crippen LogP contribution is 2.24. The molecule has 0 bridgehead atoms. The third-order valence-corrected chi connectivity index (χ3v) is 4.07. The summed E-state index contributed by atoms with van der Waals surface area (Å²) in [6.45, 7) is 3.41. The van der Waals surface area contributed by atoms with Crippen LogP contribution in [0.5, 0.6) is 0 Å². The van der Waals surface area contributed by atoms with Crippen LogP contribution in [0.25, 0.3) is 5.69 Å². The van der Waals surface area contributed by atoms with Crippen LogP contribution in [0.15, 0.2) is 30.6 Å². The number of hydrogen-bond donors (Lipinski definition) is 1. The van der Waals surface area contributed by atoms with Crippen LogP contribution in [0.3, 0.4) is 0 Å². The van der Waals surface area contributed by atoms with Crippen LogP contribution < -0.4 is 5.32 Å². The van der Waals surface area contributed by atoms with Crippen LogP contribution in [-0.4, -0.2) is 50.8 Å². The molecule has 0 radical (unpaired) electrons. The molecular weight excluding hydrogens is 252 g/mol. The van der Waals surface area contributed by atoms with Crippen molar-refractivity contribution in [2.75, 3.05) is 18.9 Å². The molecule has 2 heterocycles. The summed E-state index contributed by atoms with van der Waals surface area (Å²) in [5, 5.41) is 15.0. The zero-order valence-corrected chi connectivity index (χ0v) is 11.9. The third kappa shape index (κ3) is 2.65. The van der Waals surface area contributed by atoms with Crippen molar-refractivity contribution in [3.63, 3.8) is 0 Å². The Hall–Kier alpha value is -1.95. The second-order valence-electron chi connectivity index (χ2n) is 5.47. The number of nitrogens with zero attached hydrogens (tertiary/aromatic N) is 5. The average molecular weight is 272 g/mol. The summed E-state index contributed by atoms with van der Waals surface area (Å²) in [7, 11) is 2.19. The van der Waals surface area contributed by atoms with Crippen LogP contribution in [0, 0.1) is 0 Å². The van der Waals surface area contributed by atoms with Gasteiger partial charge in [0.1, 0.15) is 6.33 Å². The molecule has 0 aliphatic carbocycles. The molecule has 6 heteroatoms. The first-order valence-corrected chi connectivity index (χ1v) is 7.03. The minimum atomic E-state index is 0.499. The van der Waals surface area contributed by atoms with Crippen molar-refractivity contribution in [1.29, 1.82) is 0 Å². The molecule has 0 spiro atoms. The standard InChI is InChI=1S/C14H20N6/c1-11-9-12(7-8-19(11)2)16-13-5-3-4-6-14(13)20-10-15-17-18-20/h3-6,10-12,16H,7-9H2,1-2H3. The minimum absolute atomic E-state index is 0.499. The monoisotopic (exact) mass is 272 g/mol. The Kier molecular flexibility index (Phi) is 3.64. The molecule has 1 fully saturated rings. The van der Waals surface area contributed by atoms with Crippen LogP contribution in [-0.2, 0) is 0 Å². The molecule has 0 saturated carbocycles. The Morgan fingerprint density at radius 2 is 2.15 bits per heavy atom. The first kappa shape index (κ1) is 13.1. The second kappa shape index (κ2) is 5.58. The lowest BCUT2D eigenvalue weighted by Gasteiger charge is -2.36. The van der Waals surface area contributed by atoms with E-state index in [2.05, 4.69) is 45.8 Å². The highest BCUT2D eigenvalue weighted by molar-refractivity contribution is 5.60. The highest BCUT2D eigenvalue weighted by Gasteiger charge is 2.23. The van der Waals surface area contributed by atoms with E-state index in [0.29, 0.717) is 12.1 Å². The Balaban J connectivity index is 1.78. The van der Waals surface area contributed by atoms with E-state index in [0.717, 1.165) is 30.8 Å². The molecule has 1 N–H and O–H groups in total. The molecular formula is C14H20N6. The predicted octanol–water partition coefficient (Wildman–Crippen LogP) is 1.56. The van der Waals surface area contributed by atoms with Crippen molar-refractivity contribution in [2.24, 2.45) is 0 Å². The highest BCUT2D eigenvalue weighted by atomic mass is 15.5. The van der Waals surface area contributed by atoms with Gasteiger partial charge in [-0.2, -0.15) is 4.68 Å². The van der Waals surface area contributed by atoms with E-state index in [-0.39, 0.29) is 0 Å². The van der Waals surface area contributed by atoms with Gasteiger partial charge in [0, 0.05) is 18.6 Å². The number of hydrogen-bond acceptors (Lipinski definition) is 5. The number of para-hydroxylation sites is 2. The number of aromatic nitrogens is 4. The van der Waals surface area contributed by atoms with Gasteiger partial charge < -0.3 is 10.2 Å². The van der Waals surface area contributed by atoms with E-state index in [4.69, 9.17) is 0 Å². The van der Waals surface area contributed by atoms with Gasteiger partial charge in [-0.15, -0.1) is 5.10 Å². The molecule has 20 heavy (non-hydrogen) atoms. The maximum Gasteiger partial charge on any atom is 0.143 e. The molecule has 106 valence electrons. The Bertz CT molecular complexity index is 553. The fourth-order valence-corrected chi connectivity index (χ4v) is 2.71. The zero-order chi connectivity index (χ0) is 13.9. The SMILES string of the molecule is CC1CC(Nc2ccccc2-n2cnnn2)CCN1C. The third-order valence-electron chi connectivity index (χ3n) is 4.07. The summed E-state index contributed by atoms with van der Waals surface area (Å²) in [4.78, 5) is 2.41. The zero-order valence-electron chi connectivity index (χ0n) is 11.9.